The van der Waals surface area contributed by atoms with Gasteiger partial charge in [0.15, 0.2) is 0 Å². The van der Waals surface area contributed by atoms with E-state index in [9.17, 15) is 23.3 Å². The molecule has 1 atom stereocenters. The molecule has 32 heavy (non-hydrogen) atoms. The number of allylic oxidation sites excluding steroid dienone is 3. The Morgan fingerprint density at radius 3 is 2.31 bits per heavy atom. The first kappa shape index (κ1) is 23.2. The van der Waals surface area contributed by atoms with Crippen molar-refractivity contribution in [2.45, 2.75) is 38.0 Å². The van der Waals surface area contributed by atoms with Gasteiger partial charge in [-0.2, -0.15) is 0 Å². The van der Waals surface area contributed by atoms with E-state index in [4.69, 9.17) is 4.74 Å². The molecule has 0 saturated heterocycles. The Morgan fingerprint density at radius 1 is 1.06 bits per heavy atom. The third-order valence-electron chi connectivity index (χ3n) is 5.14. The number of nitro benzene ring substituents is 1. The maximum Gasteiger partial charge on any atom is 0.336 e. The minimum absolute atomic E-state index is 0.0283. The van der Waals surface area contributed by atoms with Crippen molar-refractivity contribution in [2.24, 2.45) is 0 Å². The first-order valence-electron chi connectivity index (χ1n) is 10.1. The lowest BCUT2D eigenvalue weighted by Crippen LogP contribution is -2.32. The number of nitrogens with zero attached hydrogens (tertiary/aromatic N) is 1. The van der Waals surface area contributed by atoms with Crippen molar-refractivity contribution in [1.82, 2.24) is 5.32 Å². The van der Waals surface area contributed by atoms with E-state index in [0.717, 1.165) is 0 Å². The van der Waals surface area contributed by atoms with Crippen LogP contribution in [0.3, 0.4) is 0 Å². The molecule has 168 valence electrons. The van der Waals surface area contributed by atoms with Gasteiger partial charge in [-0.25, -0.2) is 13.2 Å². The number of dihydropyridines is 1. The van der Waals surface area contributed by atoms with Crippen LogP contribution in [0.2, 0.25) is 0 Å². The minimum atomic E-state index is -4.11. The number of esters is 1. The Labute approximate surface area is 186 Å². The van der Waals surface area contributed by atoms with Gasteiger partial charge in [-0.15, -0.1) is 0 Å². The van der Waals surface area contributed by atoms with Gasteiger partial charge in [0, 0.05) is 23.0 Å². The van der Waals surface area contributed by atoms with Gasteiger partial charge < -0.3 is 10.1 Å². The second-order valence-electron chi connectivity index (χ2n) is 7.35. The van der Waals surface area contributed by atoms with Crippen LogP contribution in [0, 0.1) is 10.1 Å². The topological polar surface area (TPSA) is 116 Å². The number of carbonyl (C=O) groups is 1. The van der Waals surface area contributed by atoms with Gasteiger partial charge in [0.2, 0.25) is 9.84 Å². The molecular weight excluding hydrogens is 432 g/mol. The summed E-state index contributed by atoms with van der Waals surface area (Å²) in [6, 6.07) is 13.6. The number of hydrogen-bond acceptors (Lipinski definition) is 7. The normalized spacial score (nSPS) is 16.5. The zero-order chi connectivity index (χ0) is 23.5. The molecule has 3 rings (SSSR count). The van der Waals surface area contributed by atoms with E-state index in [1.54, 1.807) is 38.1 Å². The molecule has 0 saturated carbocycles. The van der Waals surface area contributed by atoms with Crippen molar-refractivity contribution in [2.75, 3.05) is 6.61 Å². The van der Waals surface area contributed by atoms with Crippen molar-refractivity contribution in [1.29, 1.82) is 0 Å². The second kappa shape index (κ2) is 9.35. The Kier molecular flexibility index (Phi) is 6.78. The molecule has 1 N–H and O–H groups in total. The standard InChI is InChI=1S/C23H24N2O6S/c1-4-14-31-23(26)20-15(2)24-16(3)22(32(29,30)17-10-6-5-7-11-17)21(20)18-12-8-9-13-19(18)25(27)28/h5-13,21,24H,4,14H2,1-3H3. The number of benzene rings is 2. The predicted octanol–water partition coefficient (Wildman–Crippen LogP) is 4.21. The van der Waals surface area contributed by atoms with Crippen LogP contribution >= 0.6 is 0 Å². The molecule has 0 spiro atoms. The van der Waals surface area contributed by atoms with Gasteiger partial charge in [0.05, 0.1) is 32.8 Å². The van der Waals surface area contributed by atoms with Crippen LogP contribution in [0.4, 0.5) is 5.69 Å². The Morgan fingerprint density at radius 2 is 1.69 bits per heavy atom. The van der Waals surface area contributed by atoms with Crippen LogP contribution in [0.25, 0.3) is 0 Å². The average Bonchev–Trinajstić information content (AvgIpc) is 2.77. The van der Waals surface area contributed by atoms with Crippen LogP contribution < -0.4 is 5.32 Å². The van der Waals surface area contributed by atoms with E-state index in [0.29, 0.717) is 17.8 Å². The number of para-hydroxylation sites is 1. The van der Waals surface area contributed by atoms with E-state index in [1.807, 2.05) is 6.92 Å². The highest BCUT2D eigenvalue weighted by Crippen LogP contribution is 2.45. The van der Waals surface area contributed by atoms with Crippen LogP contribution in [0.5, 0.6) is 0 Å². The molecule has 0 aromatic heterocycles. The van der Waals surface area contributed by atoms with Crippen molar-refractivity contribution in [3.63, 3.8) is 0 Å². The summed E-state index contributed by atoms with van der Waals surface area (Å²) in [5.74, 6) is -1.92. The molecule has 2 aromatic carbocycles. The fraction of sp³-hybridized carbons (Fsp3) is 0.261. The van der Waals surface area contributed by atoms with Crippen molar-refractivity contribution < 1.29 is 22.9 Å². The SMILES string of the molecule is CCCOC(=O)C1=C(C)NC(C)=C(S(=O)(=O)c2ccccc2)C1c1ccccc1[N+](=O)[O-]. The molecule has 0 aliphatic carbocycles. The molecule has 1 heterocycles. The third-order valence-corrected chi connectivity index (χ3v) is 7.16. The minimum Gasteiger partial charge on any atom is -0.462 e. The first-order valence-corrected chi connectivity index (χ1v) is 11.6. The molecule has 2 aromatic rings. The van der Waals surface area contributed by atoms with Gasteiger partial charge in [-0.3, -0.25) is 10.1 Å². The van der Waals surface area contributed by atoms with Gasteiger partial charge in [-0.1, -0.05) is 43.3 Å². The molecule has 0 bridgehead atoms. The van der Waals surface area contributed by atoms with Gasteiger partial charge >= 0.3 is 5.97 Å². The zero-order valence-electron chi connectivity index (χ0n) is 18.0. The predicted molar refractivity (Wildman–Crippen MR) is 119 cm³/mol. The van der Waals surface area contributed by atoms with Crippen molar-refractivity contribution in [3.8, 4) is 0 Å². The van der Waals surface area contributed by atoms with Crippen LogP contribution in [-0.4, -0.2) is 25.9 Å². The molecule has 1 aliphatic heterocycles. The van der Waals surface area contributed by atoms with Gasteiger partial charge in [0.25, 0.3) is 5.69 Å². The number of sulfone groups is 1. The Balaban J connectivity index is 2.32. The first-order chi connectivity index (χ1) is 15.2. The molecular formula is C23H24N2O6S. The van der Waals surface area contributed by atoms with E-state index >= 15 is 0 Å². The van der Waals surface area contributed by atoms with Gasteiger partial charge in [-0.05, 0) is 32.4 Å². The number of carbonyl (C=O) groups excluding carboxylic acids is 1. The maximum atomic E-state index is 13.7. The molecule has 0 radical (unpaired) electrons. The molecule has 0 fully saturated rings. The van der Waals surface area contributed by atoms with Gasteiger partial charge in [0.1, 0.15) is 0 Å². The number of rotatable bonds is 7. The maximum absolute atomic E-state index is 13.7. The number of nitrogens with one attached hydrogen (secondary N) is 1. The summed E-state index contributed by atoms with van der Waals surface area (Å²) in [6.45, 7) is 5.18. The average molecular weight is 457 g/mol. The highest BCUT2D eigenvalue weighted by molar-refractivity contribution is 7.95. The summed E-state index contributed by atoms with van der Waals surface area (Å²) in [5, 5.41) is 14.8. The number of ether oxygens (including phenoxy) is 1. The summed E-state index contributed by atoms with van der Waals surface area (Å²) in [4.78, 5) is 24.2. The van der Waals surface area contributed by atoms with Crippen molar-refractivity contribution in [3.05, 3.63) is 92.1 Å². The van der Waals surface area contributed by atoms with E-state index in [1.165, 1.54) is 30.3 Å². The Hall–Kier alpha value is -3.46. The summed E-state index contributed by atoms with van der Waals surface area (Å²) in [5.41, 5.74) is 0.547. The zero-order valence-corrected chi connectivity index (χ0v) is 18.8. The lowest BCUT2D eigenvalue weighted by atomic mass is 9.85. The van der Waals surface area contributed by atoms with E-state index < -0.39 is 26.6 Å². The number of nitro groups is 1. The molecule has 0 amide bonds. The fourth-order valence-corrected chi connectivity index (χ4v) is 5.57. The smallest absolute Gasteiger partial charge is 0.336 e. The van der Waals surface area contributed by atoms with Crippen molar-refractivity contribution >= 4 is 21.5 Å². The molecule has 9 heteroatoms. The van der Waals surface area contributed by atoms with Crippen LogP contribution in [0.15, 0.2) is 81.4 Å². The third kappa shape index (κ3) is 4.29. The summed E-state index contributed by atoms with van der Waals surface area (Å²) >= 11 is 0. The molecule has 1 unspecified atom stereocenters. The van der Waals surface area contributed by atoms with E-state index in [2.05, 4.69) is 5.32 Å². The molecule has 1 aliphatic rings. The lowest BCUT2D eigenvalue weighted by Gasteiger charge is -2.31. The molecule has 8 nitrogen and oxygen atoms in total. The number of hydrogen-bond donors (Lipinski definition) is 1. The highest BCUT2D eigenvalue weighted by atomic mass is 32.2. The fourth-order valence-electron chi connectivity index (χ4n) is 3.80. The van der Waals surface area contributed by atoms with Crippen LogP contribution in [0.1, 0.15) is 38.7 Å². The highest BCUT2D eigenvalue weighted by Gasteiger charge is 2.43. The summed E-state index contributed by atoms with van der Waals surface area (Å²) < 4.78 is 32.7. The van der Waals surface area contributed by atoms with E-state index in [-0.39, 0.29) is 33.2 Å². The van der Waals surface area contributed by atoms with Crippen LogP contribution in [-0.2, 0) is 19.4 Å². The lowest BCUT2D eigenvalue weighted by molar-refractivity contribution is -0.385. The largest absolute Gasteiger partial charge is 0.462 e. The summed E-state index contributed by atoms with van der Waals surface area (Å²) in [6.07, 6.45) is 0.575. The second-order valence-corrected chi connectivity index (χ2v) is 9.27. The summed E-state index contributed by atoms with van der Waals surface area (Å²) in [7, 11) is -4.11. The Bertz CT molecular complexity index is 1220. The monoisotopic (exact) mass is 456 g/mol. The quantitative estimate of drug-likeness (QED) is 0.377.